The molecule has 19 heavy (non-hydrogen) atoms. The Morgan fingerprint density at radius 2 is 2.11 bits per heavy atom. The molecule has 0 saturated carbocycles. The topological polar surface area (TPSA) is 32.8 Å². The van der Waals surface area contributed by atoms with Crippen molar-refractivity contribution in [1.82, 2.24) is 9.80 Å². The first-order valence-corrected chi connectivity index (χ1v) is 6.79. The summed E-state index contributed by atoms with van der Waals surface area (Å²) in [6.45, 7) is 1.92. The van der Waals surface area contributed by atoms with E-state index in [1.807, 2.05) is 35.2 Å². The van der Waals surface area contributed by atoms with Gasteiger partial charge in [0.1, 0.15) is 6.61 Å². The van der Waals surface area contributed by atoms with Gasteiger partial charge >= 0.3 is 6.09 Å². The first kappa shape index (κ1) is 13.9. The highest BCUT2D eigenvalue weighted by atomic mass is 16.6. The standard InChI is InChI=1S/C15H22N2O2/c1-16(2)14-9-6-10-17(11-14)15(18)19-12-13-7-4-3-5-8-13/h3-5,7-8,14H,6,9-12H2,1-2H3. The number of likely N-dealkylation sites (N-methyl/N-ethyl adjacent to an activating group) is 1. The lowest BCUT2D eigenvalue weighted by atomic mass is 10.1. The van der Waals surface area contributed by atoms with Crippen LogP contribution in [0.25, 0.3) is 0 Å². The number of benzene rings is 1. The monoisotopic (exact) mass is 262 g/mol. The van der Waals surface area contributed by atoms with Gasteiger partial charge in [-0.25, -0.2) is 4.79 Å². The molecule has 0 radical (unpaired) electrons. The predicted octanol–water partition coefficient (Wildman–Crippen LogP) is 2.35. The van der Waals surface area contributed by atoms with E-state index in [9.17, 15) is 4.79 Å². The van der Waals surface area contributed by atoms with Gasteiger partial charge in [0, 0.05) is 19.1 Å². The van der Waals surface area contributed by atoms with Crippen molar-refractivity contribution in [2.45, 2.75) is 25.5 Å². The summed E-state index contributed by atoms with van der Waals surface area (Å²) >= 11 is 0. The van der Waals surface area contributed by atoms with Crippen LogP contribution in [0.1, 0.15) is 18.4 Å². The minimum Gasteiger partial charge on any atom is -0.445 e. The fraction of sp³-hybridized carbons (Fsp3) is 0.533. The number of hydrogen-bond acceptors (Lipinski definition) is 3. The van der Waals surface area contributed by atoms with Crippen molar-refractivity contribution in [3.63, 3.8) is 0 Å². The minimum absolute atomic E-state index is 0.199. The van der Waals surface area contributed by atoms with Gasteiger partial charge in [-0.05, 0) is 32.5 Å². The highest BCUT2D eigenvalue weighted by Gasteiger charge is 2.25. The van der Waals surface area contributed by atoms with E-state index in [4.69, 9.17) is 4.74 Å². The fourth-order valence-corrected chi connectivity index (χ4v) is 2.35. The SMILES string of the molecule is CN(C)C1CCCN(C(=O)OCc2ccccc2)C1. The van der Waals surface area contributed by atoms with Gasteiger partial charge in [-0.3, -0.25) is 0 Å². The van der Waals surface area contributed by atoms with Crippen molar-refractivity contribution in [3.05, 3.63) is 35.9 Å². The van der Waals surface area contributed by atoms with Crippen molar-refractivity contribution in [2.75, 3.05) is 27.2 Å². The van der Waals surface area contributed by atoms with E-state index in [1.54, 1.807) is 0 Å². The van der Waals surface area contributed by atoms with Gasteiger partial charge in [0.2, 0.25) is 0 Å². The number of rotatable bonds is 3. The van der Waals surface area contributed by atoms with Crippen LogP contribution in [0.3, 0.4) is 0 Å². The van der Waals surface area contributed by atoms with Crippen molar-refractivity contribution < 1.29 is 9.53 Å². The van der Waals surface area contributed by atoms with E-state index in [1.165, 1.54) is 0 Å². The van der Waals surface area contributed by atoms with Gasteiger partial charge < -0.3 is 14.5 Å². The molecule has 1 saturated heterocycles. The van der Waals surface area contributed by atoms with E-state index in [0.29, 0.717) is 12.6 Å². The first-order valence-electron chi connectivity index (χ1n) is 6.79. The second-order valence-corrected chi connectivity index (χ2v) is 5.25. The molecule has 4 heteroatoms. The Morgan fingerprint density at radius 3 is 2.79 bits per heavy atom. The zero-order valence-electron chi connectivity index (χ0n) is 11.7. The quantitative estimate of drug-likeness (QED) is 0.838. The van der Waals surface area contributed by atoms with E-state index >= 15 is 0 Å². The van der Waals surface area contributed by atoms with Gasteiger partial charge in [-0.2, -0.15) is 0 Å². The summed E-state index contributed by atoms with van der Waals surface area (Å²) in [7, 11) is 4.12. The van der Waals surface area contributed by atoms with Gasteiger partial charge in [-0.1, -0.05) is 30.3 Å². The summed E-state index contributed by atoms with van der Waals surface area (Å²) in [6, 6.07) is 10.2. The van der Waals surface area contributed by atoms with E-state index in [0.717, 1.165) is 31.5 Å². The molecule has 1 amide bonds. The van der Waals surface area contributed by atoms with Gasteiger partial charge in [0.25, 0.3) is 0 Å². The Kier molecular flexibility index (Phi) is 4.80. The Labute approximate surface area is 115 Å². The molecule has 2 rings (SSSR count). The zero-order chi connectivity index (χ0) is 13.7. The van der Waals surface area contributed by atoms with Crippen LogP contribution in [-0.4, -0.2) is 49.1 Å². The number of hydrogen-bond donors (Lipinski definition) is 0. The average molecular weight is 262 g/mol. The lowest BCUT2D eigenvalue weighted by Gasteiger charge is -2.35. The molecular weight excluding hydrogens is 240 g/mol. The van der Waals surface area contributed by atoms with Crippen LogP contribution in [-0.2, 0) is 11.3 Å². The van der Waals surface area contributed by atoms with Crippen LogP contribution in [0.15, 0.2) is 30.3 Å². The maximum atomic E-state index is 12.0. The summed E-state index contributed by atoms with van der Waals surface area (Å²) in [5.74, 6) is 0. The third-order valence-electron chi connectivity index (χ3n) is 3.59. The summed E-state index contributed by atoms with van der Waals surface area (Å²) in [5, 5.41) is 0. The third-order valence-corrected chi connectivity index (χ3v) is 3.59. The molecule has 1 atom stereocenters. The normalized spacial score (nSPS) is 19.5. The Bertz CT molecular complexity index is 406. The van der Waals surface area contributed by atoms with Crippen molar-refractivity contribution >= 4 is 6.09 Å². The lowest BCUT2D eigenvalue weighted by Crippen LogP contribution is -2.47. The Hall–Kier alpha value is -1.55. The summed E-state index contributed by atoms with van der Waals surface area (Å²) < 4.78 is 5.36. The summed E-state index contributed by atoms with van der Waals surface area (Å²) in [5.41, 5.74) is 1.03. The smallest absolute Gasteiger partial charge is 0.410 e. The highest BCUT2D eigenvalue weighted by molar-refractivity contribution is 5.67. The molecule has 0 aliphatic carbocycles. The van der Waals surface area contributed by atoms with Crippen LogP contribution in [0.4, 0.5) is 4.79 Å². The molecule has 0 bridgehead atoms. The number of ether oxygens (including phenoxy) is 1. The number of amides is 1. The first-order chi connectivity index (χ1) is 9.16. The number of nitrogens with zero attached hydrogens (tertiary/aromatic N) is 2. The number of piperidine rings is 1. The van der Waals surface area contributed by atoms with Crippen LogP contribution < -0.4 is 0 Å². The summed E-state index contributed by atoms with van der Waals surface area (Å²) in [6.07, 6.45) is 1.99. The number of likely N-dealkylation sites (tertiary alicyclic amines) is 1. The molecule has 1 aliphatic rings. The molecule has 4 nitrogen and oxygen atoms in total. The highest BCUT2D eigenvalue weighted by Crippen LogP contribution is 2.15. The lowest BCUT2D eigenvalue weighted by molar-refractivity contribution is 0.0714. The second-order valence-electron chi connectivity index (χ2n) is 5.25. The van der Waals surface area contributed by atoms with Crippen molar-refractivity contribution in [1.29, 1.82) is 0 Å². The molecule has 0 aromatic heterocycles. The molecule has 0 N–H and O–H groups in total. The maximum Gasteiger partial charge on any atom is 0.410 e. The van der Waals surface area contributed by atoms with Crippen LogP contribution in [0.5, 0.6) is 0 Å². The Morgan fingerprint density at radius 1 is 1.37 bits per heavy atom. The molecule has 0 spiro atoms. The molecule has 1 fully saturated rings. The molecule has 1 heterocycles. The van der Waals surface area contributed by atoms with Crippen molar-refractivity contribution in [2.24, 2.45) is 0 Å². The number of carbonyl (C=O) groups excluding carboxylic acids is 1. The predicted molar refractivity (Wildman–Crippen MR) is 74.9 cm³/mol. The second kappa shape index (κ2) is 6.57. The molecule has 1 aromatic rings. The fourth-order valence-electron chi connectivity index (χ4n) is 2.35. The average Bonchev–Trinajstić information content (AvgIpc) is 2.46. The zero-order valence-corrected chi connectivity index (χ0v) is 11.7. The van der Waals surface area contributed by atoms with Gasteiger partial charge in [-0.15, -0.1) is 0 Å². The van der Waals surface area contributed by atoms with E-state index < -0.39 is 0 Å². The van der Waals surface area contributed by atoms with Crippen molar-refractivity contribution in [3.8, 4) is 0 Å². The Balaban J connectivity index is 1.83. The van der Waals surface area contributed by atoms with Crippen LogP contribution in [0, 0.1) is 0 Å². The van der Waals surface area contributed by atoms with E-state index in [2.05, 4.69) is 19.0 Å². The van der Waals surface area contributed by atoms with Crippen LogP contribution in [0.2, 0.25) is 0 Å². The summed E-state index contributed by atoms with van der Waals surface area (Å²) in [4.78, 5) is 16.0. The molecule has 1 aromatic carbocycles. The molecular formula is C15H22N2O2. The van der Waals surface area contributed by atoms with E-state index in [-0.39, 0.29) is 6.09 Å². The van der Waals surface area contributed by atoms with Gasteiger partial charge in [0.15, 0.2) is 0 Å². The minimum atomic E-state index is -0.199. The van der Waals surface area contributed by atoms with Crippen LogP contribution >= 0.6 is 0 Å². The number of carbonyl (C=O) groups is 1. The molecule has 104 valence electrons. The molecule has 1 unspecified atom stereocenters. The third kappa shape index (κ3) is 3.96. The van der Waals surface area contributed by atoms with Gasteiger partial charge in [0.05, 0.1) is 0 Å². The maximum absolute atomic E-state index is 12.0. The largest absolute Gasteiger partial charge is 0.445 e. The molecule has 1 aliphatic heterocycles.